The Balaban J connectivity index is 0.000000220. The Labute approximate surface area is 544 Å². The Morgan fingerprint density at radius 1 is 0.489 bits per heavy atom. The van der Waals surface area contributed by atoms with E-state index in [1.807, 2.05) is 27.7 Å². The Kier molecular flexibility index (Phi) is 26.7. The first-order valence-electron chi connectivity index (χ1n) is 32.2. The molecular formula is C63H104N6O20S3. The number of anilines is 3. The highest BCUT2D eigenvalue weighted by Gasteiger charge is 2.50. The van der Waals surface area contributed by atoms with Gasteiger partial charge in [-0.25, -0.2) is 25.3 Å². The van der Waals surface area contributed by atoms with Gasteiger partial charge in [0.15, 0.2) is 42.1 Å². The van der Waals surface area contributed by atoms with Crippen LogP contribution < -0.4 is 16.0 Å². The number of aliphatic hydroxyl groups excluding tert-OH is 1. The molecule has 0 bridgehead atoms. The highest BCUT2D eigenvalue weighted by molar-refractivity contribution is 7.94. The van der Waals surface area contributed by atoms with Crippen molar-refractivity contribution in [2.24, 2.45) is 17.8 Å². The van der Waals surface area contributed by atoms with Gasteiger partial charge in [0.1, 0.15) is 14.2 Å². The summed E-state index contributed by atoms with van der Waals surface area (Å²) in [4.78, 5) is 38.6. The van der Waals surface area contributed by atoms with Crippen LogP contribution in [0.2, 0.25) is 0 Å². The van der Waals surface area contributed by atoms with Gasteiger partial charge in [-0.15, -0.1) is 0 Å². The molecule has 0 saturated carbocycles. The smallest absolute Gasteiger partial charge is 0.247 e. The van der Waals surface area contributed by atoms with E-state index in [-0.39, 0.29) is 60.3 Å². The molecule has 3 aromatic heterocycles. The second-order valence-electron chi connectivity index (χ2n) is 28.4. The van der Waals surface area contributed by atoms with Gasteiger partial charge in [0, 0.05) is 87.3 Å². The number of rotatable bonds is 25. The highest BCUT2D eigenvalue weighted by atomic mass is 32.2. The quantitative estimate of drug-likeness (QED) is 0.0618. The van der Waals surface area contributed by atoms with Crippen LogP contribution in [0.3, 0.4) is 0 Å². The van der Waals surface area contributed by atoms with Crippen molar-refractivity contribution in [3.8, 4) is 0 Å². The first-order chi connectivity index (χ1) is 42.9. The number of hydrogen-bond acceptors (Lipinski definition) is 23. The third kappa shape index (κ3) is 19.4. The van der Waals surface area contributed by atoms with Gasteiger partial charge in [-0.1, -0.05) is 57.0 Å². The Hall–Kier alpha value is -4.43. The van der Waals surface area contributed by atoms with Gasteiger partial charge in [-0.2, -0.15) is 0 Å². The van der Waals surface area contributed by atoms with Crippen molar-refractivity contribution in [1.82, 2.24) is 15.5 Å². The number of aromatic nitrogens is 3. The summed E-state index contributed by atoms with van der Waals surface area (Å²) in [5.74, 6) is -1.77. The monoisotopic (exact) mass is 1360 g/mol. The zero-order valence-electron chi connectivity index (χ0n) is 56.5. The van der Waals surface area contributed by atoms with E-state index in [0.29, 0.717) is 122 Å². The van der Waals surface area contributed by atoms with Crippen molar-refractivity contribution >= 4 is 64.9 Å². The number of aliphatic hydroxyl groups is 1. The number of nitrogens with zero attached hydrogens (tertiary/aromatic N) is 3. The Morgan fingerprint density at radius 2 is 0.815 bits per heavy atom. The van der Waals surface area contributed by atoms with E-state index in [2.05, 4.69) is 31.4 Å². The standard InChI is InChI=1S/C23H38N2O7S.C22H36N2O7S.C18H30N2O6S/c1-16(17-9-12-29-13-10-17)33(27,28)23(4,5)21(26)24-19-14-18(25-32-19)22(2,3)15-31-20-8-6-7-11-30-20;1-21(2,15-30-19-7-5-6-10-29-19)17-13-18(31-24-17)23-20(25)22(3,4)32(26,27)14-16-8-11-28-12-9-16;1-12(13-6-8-25-9-7-13)27(23,24)18(4,5)16(22)19-15-10-14(20-26-15)17(2,3)11-21/h14,16-17,20H,6-13,15H2,1-5H3,(H,24,26);13,16,19H,5-12,14-15H2,1-4H3,(H,23,25);10,12-13,21H,6-9,11H2,1-5H3,(H,19,22). The molecule has 3 aromatic rings. The van der Waals surface area contributed by atoms with Gasteiger partial charge in [0.2, 0.25) is 35.4 Å². The van der Waals surface area contributed by atoms with E-state index in [1.54, 1.807) is 39.8 Å². The fraction of sp³-hybridized carbons (Fsp3) is 0.810. The Morgan fingerprint density at radius 3 is 1.14 bits per heavy atom. The van der Waals surface area contributed by atoms with E-state index in [4.69, 9.17) is 46.7 Å². The summed E-state index contributed by atoms with van der Waals surface area (Å²) in [6.07, 6.45) is 9.63. The molecule has 92 heavy (non-hydrogen) atoms. The lowest BCUT2D eigenvalue weighted by Crippen LogP contribution is -2.50. The van der Waals surface area contributed by atoms with Crippen molar-refractivity contribution in [1.29, 1.82) is 0 Å². The lowest BCUT2D eigenvalue weighted by atomic mass is 9.90. The van der Waals surface area contributed by atoms with Gasteiger partial charge in [0.25, 0.3) is 0 Å². The number of ether oxygens (including phenoxy) is 7. The van der Waals surface area contributed by atoms with Crippen molar-refractivity contribution in [2.45, 2.75) is 228 Å². The maximum atomic E-state index is 13.3. The molecule has 524 valence electrons. The molecular weight excluding hydrogens is 1260 g/mol. The lowest BCUT2D eigenvalue weighted by Gasteiger charge is -2.33. The largest absolute Gasteiger partial charge is 0.395 e. The zero-order chi connectivity index (χ0) is 68.1. The summed E-state index contributed by atoms with van der Waals surface area (Å²) in [5, 5.41) is 27.8. The molecule has 4 N–H and O–H groups in total. The highest BCUT2D eigenvalue weighted by Crippen LogP contribution is 2.36. The number of hydrogen-bond donors (Lipinski definition) is 4. The second-order valence-corrected chi connectivity index (χ2v) is 36.7. The van der Waals surface area contributed by atoms with E-state index < -0.39 is 88.2 Å². The number of carbonyl (C=O) groups excluding carboxylic acids is 3. The van der Waals surface area contributed by atoms with Crippen LogP contribution in [0, 0.1) is 17.8 Å². The van der Waals surface area contributed by atoms with Gasteiger partial charge < -0.3 is 51.8 Å². The molecule has 8 heterocycles. The minimum atomic E-state index is -3.76. The molecule has 3 amide bonds. The molecule has 5 aliphatic rings. The maximum absolute atomic E-state index is 13.3. The molecule has 5 fully saturated rings. The van der Waals surface area contributed by atoms with Crippen molar-refractivity contribution in [3.63, 3.8) is 0 Å². The van der Waals surface area contributed by atoms with Crippen LogP contribution in [0.1, 0.15) is 191 Å². The van der Waals surface area contributed by atoms with Crippen LogP contribution in [0.5, 0.6) is 0 Å². The average Bonchev–Trinajstić information content (AvgIpc) is 1.05. The molecule has 0 aliphatic carbocycles. The minimum absolute atomic E-state index is 0.00616. The maximum Gasteiger partial charge on any atom is 0.247 e. The van der Waals surface area contributed by atoms with Crippen molar-refractivity contribution in [2.75, 3.05) is 94.4 Å². The molecule has 4 atom stereocenters. The van der Waals surface area contributed by atoms with Crippen LogP contribution in [0.4, 0.5) is 17.7 Å². The predicted octanol–water partition coefficient (Wildman–Crippen LogP) is 8.39. The fourth-order valence-corrected chi connectivity index (χ4v) is 16.6. The molecule has 5 saturated heterocycles. The number of carbonyl (C=O) groups is 3. The summed E-state index contributed by atoms with van der Waals surface area (Å²) in [7, 11) is -11.2. The first kappa shape index (κ1) is 76.6. The van der Waals surface area contributed by atoms with Gasteiger partial charge >= 0.3 is 0 Å². The van der Waals surface area contributed by atoms with Crippen LogP contribution in [-0.4, -0.2) is 179 Å². The van der Waals surface area contributed by atoms with Gasteiger partial charge in [-0.05, 0) is 150 Å². The topological polar surface area (TPSA) is 353 Å². The molecule has 0 aromatic carbocycles. The van der Waals surface area contributed by atoms with Gasteiger partial charge in [0.05, 0.1) is 53.2 Å². The van der Waals surface area contributed by atoms with E-state index in [9.17, 15) is 44.7 Å². The first-order valence-corrected chi connectivity index (χ1v) is 37.0. The fourth-order valence-electron chi connectivity index (χ4n) is 10.9. The summed E-state index contributed by atoms with van der Waals surface area (Å²) < 4.78 is 129. The third-order valence-corrected chi connectivity index (χ3v) is 27.3. The summed E-state index contributed by atoms with van der Waals surface area (Å²) >= 11 is 0. The van der Waals surface area contributed by atoms with Crippen LogP contribution >= 0.6 is 0 Å². The summed E-state index contributed by atoms with van der Waals surface area (Å²) in [5.41, 5.74) is 0.0867. The van der Waals surface area contributed by atoms with Gasteiger partial charge in [-0.3, -0.25) is 30.3 Å². The molecule has 26 nitrogen and oxygen atoms in total. The SMILES string of the molecule is CC(C)(COC1CCCCO1)c1cc(NC(=O)C(C)(C)S(=O)(=O)CC2CCOCC2)on1.CC(C1CCOCC1)S(=O)(=O)C(C)(C)C(=O)Nc1cc(C(C)(C)CO)no1.CC(C1CCOCC1)S(=O)(=O)C(C)(C)C(=O)Nc1cc(C(C)(C)COC2CCCCO2)no1. The second kappa shape index (κ2) is 32.1. The zero-order valence-corrected chi connectivity index (χ0v) is 59.0. The molecule has 0 radical (unpaired) electrons. The van der Waals surface area contributed by atoms with E-state index in [1.165, 1.54) is 47.6 Å². The van der Waals surface area contributed by atoms with E-state index >= 15 is 0 Å². The average molecular weight is 1360 g/mol. The molecule has 29 heteroatoms. The Bertz CT molecular complexity index is 3200. The predicted molar refractivity (Wildman–Crippen MR) is 344 cm³/mol. The molecule has 0 spiro atoms. The van der Waals surface area contributed by atoms with Crippen LogP contribution in [-0.2, 0) is 93.3 Å². The number of nitrogens with one attached hydrogen (secondary N) is 3. The molecule has 8 rings (SSSR count). The normalized spacial score (nSPS) is 20.8. The number of sulfone groups is 3. The van der Waals surface area contributed by atoms with E-state index in [0.717, 1.165) is 38.5 Å². The summed E-state index contributed by atoms with van der Waals surface area (Å²) in [6.45, 7) is 28.6. The lowest BCUT2D eigenvalue weighted by molar-refractivity contribution is -0.170. The van der Waals surface area contributed by atoms with Crippen LogP contribution in [0.25, 0.3) is 0 Å². The van der Waals surface area contributed by atoms with Crippen molar-refractivity contribution in [3.05, 3.63) is 35.3 Å². The van der Waals surface area contributed by atoms with Crippen LogP contribution in [0.15, 0.2) is 31.8 Å². The summed E-state index contributed by atoms with van der Waals surface area (Å²) in [6, 6.07) is 4.73. The molecule has 4 unspecified atom stereocenters. The minimum Gasteiger partial charge on any atom is -0.395 e. The van der Waals surface area contributed by atoms with Crippen molar-refractivity contribution < 1.29 is 91.5 Å². The third-order valence-electron chi connectivity index (χ3n) is 18.7. The molecule has 5 aliphatic heterocycles. The number of amides is 3.